The Labute approximate surface area is 103 Å². The maximum atomic E-state index is 10.5. The van der Waals surface area contributed by atoms with E-state index in [9.17, 15) is 9.90 Å². The van der Waals surface area contributed by atoms with Crippen molar-refractivity contribution in [1.82, 2.24) is 0 Å². The number of carbonyl (C=O) groups is 1. The number of nitriles is 1. The number of rotatable bonds is 4. The molecule has 1 aromatic carbocycles. The summed E-state index contributed by atoms with van der Waals surface area (Å²) in [5, 5.41) is 27.1. The van der Waals surface area contributed by atoms with Crippen molar-refractivity contribution < 1.29 is 15.0 Å². The molecular formula is C11H11ClN2O3. The molecule has 90 valence electrons. The third kappa shape index (κ3) is 3.43. The lowest BCUT2D eigenvalue weighted by Crippen LogP contribution is -2.42. The van der Waals surface area contributed by atoms with Crippen LogP contribution >= 0.6 is 11.6 Å². The van der Waals surface area contributed by atoms with Crippen LogP contribution in [0.3, 0.4) is 0 Å². The number of halogens is 1. The molecule has 0 radical (unpaired) electrons. The fourth-order valence-corrected chi connectivity index (χ4v) is 1.55. The van der Waals surface area contributed by atoms with Gasteiger partial charge in [0.25, 0.3) is 0 Å². The second kappa shape index (κ2) is 5.64. The van der Waals surface area contributed by atoms with Crippen LogP contribution < -0.4 is 5.73 Å². The summed E-state index contributed by atoms with van der Waals surface area (Å²) in [5.74, 6) is -1.27. The van der Waals surface area contributed by atoms with Gasteiger partial charge in [0, 0.05) is 6.42 Å². The van der Waals surface area contributed by atoms with Crippen LogP contribution in [0.4, 0.5) is 0 Å². The molecule has 0 saturated carbocycles. The average molecular weight is 255 g/mol. The van der Waals surface area contributed by atoms with Gasteiger partial charge < -0.3 is 15.9 Å². The molecule has 1 rings (SSSR count). The molecule has 0 heterocycles. The van der Waals surface area contributed by atoms with Crippen LogP contribution in [0.5, 0.6) is 0 Å². The molecule has 0 aliphatic rings. The van der Waals surface area contributed by atoms with E-state index < -0.39 is 18.1 Å². The third-order valence-corrected chi connectivity index (χ3v) is 2.61. The van der Waals surface area contributed by atoms with E-state index in [-0.39, 0.29) is 11.4 Å². The molecule has 2 atom stereocenters. The molecule has 0 aliphatic heterocycles. The molecule has 0 aromatic heterocycles. The zero-order valence-electron chi connectivity index (χ0n) is 8.80. The second-order valence-corrected chi connectivity index (χ2v) is 3.97. The largest absolute Gasteiger partial charge is 0.480 e. The lowest BCUT2D eigenvalue weighted by atomic mass is 10.0. The van der Waals surface area contributed by atoms with Crippen LogP contribution in [0.15, 0.2) is 18.2 Å². The number of hydrogen-bond donors (Lipinski definition) is 3. The number of aliphatic hydroxyl groups is 1. The highest BCUT2D eigenvalue weighted by molar-refractivity contribution is 6.31. The summed E-state index contributed by atoms with van der Waals surface area (Å²) in [7, 11) is 0. The van der Waals surface area contributed by atoms with Gasteiger partial charge in [-0.15, -0.1) is 0 Å². The standard InChI is InChI=1S/C11H11ClN2O3/c12-8-3-6(1-2-7(8)5-13)4-9(15)10(14)11(16)17/h1-3,9-10,15H,4,14H2,(H,16,17)/t9-,10+/m0/s1. The molecule has 0 unspecified atom stereocenters. The van der Waals surface area contributed by atoms with Crippen LogP contribution in [0.1, 0.15) is 11.1 Å². The summed E-state index contributed by atoms with van der Waals surface area (Å²) >= 11 is 5.80. The predicted octanol–water partition coefficient (Wildman–Crippen LogP) is 0.527. The summed E-state index contributed by atoms with van der Waals surface area (Å²) in [4.78, 5) is 10.5. The van der Waals surface area contributed by atoms with Crippen LogP contribution in [-0.2, 0) is 11.2 Å². The normalized spacial score (nSPS) is 13.8. The highest BCUT2D eigenvalue weighted by Crippen LogP contribution is 2.18. The Balaban J connectivity index is 2.80. The van der Waals surface area contributed by atoms with E-state index in [0.29, 0.717) is 11.1 Å². The van der Waals surface area contributed by atoms with Crippen molar-refractivity contribution in [3.05, 3.63) is 34.3 Å². The minimum Gasteiger partial charge on any atom is -0.480 e. The zero-order valence-corrected chi connectivity index (χ0v) is 9.55. The molecule has 0 amide bonds. The first-order valence-electron chi connectivity index (χ1n) is 4.80. The maximum absolute atomic E-state index is 10.5. The Morgan fingerprint density at radius 3 is 2.71 bits per heavy atom. The van der Waals surface area contributed by atoms with Gasteiger partial charge in [-0.05, 0) is 17.7 Å². The van der Waals surface area contributed by atoms with Crippen molar-refractivity contribution in [2.45, 2.75) is 18.6 Å². The van der Waals surface area contributed by atoms with Gasteiger partial charge in [-0.25, -0.2) is 0 Å². The van der Waals surface area contributed by atoms with E-state index >= 15 is 0 Å². The molecule has 0 spiro atoms. The molecule has 0 aliphatic carbocycles. The molecule has 1 aromatic rings. The monoisotopic (exact) mass is 254 g/mol. The molecular weight excluding hydrogens is 244 g/mol. The van der Waals surface area contributed by atoms with E-state index in [1.807, 2.05) is 6.07 Å². The Morgan fingerprint density at radius 2 is 2.24 bits per heavy atom. The van der Waals surface area contributed by atoms with Crippen LogP contribution in [0.2, 0.25) is 5.02 Å². The van der Waals surface area contributed by atoms with Gasteiger partial charge in [0.15, 0.2) is 0 Å². The molecule has 6 heteroatoms. The minimum atomic E-state index is -1.34. The number of carboxylic acid groups (broad SMARTS) is 1. The van der Waals surface area contributed by atoms with Gasteiger partial charge in [0.2, 0.25) is 0 Å². The molecule has 4 N–H and O–H groups in total. The first-order chi connectivity index (χ1) is 7.95. The SMILES string of the molecule is N#Cc1ccc(C[C@H](O)[C@@H](N)C(=O)O)cc1Cl. The van der Waals surface area contributed by atoms with Crippen molar-refractivity contribution in [3.8, 4) is 6.07 Å². The Morgan fingerprint density at radius 1 is 1.59 bits per heavy atom. The van der Waals surface area contributed by atoms with Crippen molar-refractivity contribution >= 4 is 17.6 Å². The number of nitrogens with two attached hydrogens (primary N) is 1. The summed E-state index contributed by atoms with van der Waals surface area (Å²) < 4.78 is 0. The Kier molecular flexibility index (Phi) is 4.46. The van der Waals surface area contributed by atoms with Gasteiger partial charge in [-0.3, -0.25) is 4.79 Å². The average Bonchev–Trinajstić information content (AvgIpc) is 2.28. The smallest absolute Gasteiger partial charge is 0.323 e. The topological polar surface area (TPSA) is 107 Å². The van der Waals surface area contributed by atoms with Crippen molar-refractivity contribution in [3.63, 3.8) is 0 Å². The molecule has 17 heavy (non-hydrogen) atoms. The fourth-order valence-electron chi connectivity index (χ4n) is 1.31. The maximum Gasteiger partial charge on any atom is 0.323 e. The van der Waals surface area contributed by atoms with E-state index in [4.69, 9.17) is 27.7 Å². The van der Waals surface area contributed by atoms with Crippen LogP contribution in [0, 0.1) is 11.3 Å². The first-order valence-corrected chi connectivity index (χ1v) is 5.18. The second-order valence-electron chi connectivity index (χ2n) is 3.56. The predicted molar refractivity (Wildman–Crippen MR) is 61.5 cm³/mol. The number of aliphatic hydroxyl groups excluding tert-OH is 1. The van der Waals surface area contributed by atoms with Gasteiger partial charge in [-0.2, -0.15) is 5.26 Å². The van der Waals surface area contributed by atoms with E-state index in [2.05, 4.69) is 0 Å². The fraction of sp³-hybridized carbons (Fsp3) is 0.273. The number of carboxylic acids is 1. The van der Waals surface area contributed by atoms with Gasteiger partial charge >= 0.3 is 5.97 Å². The molecule has 5 nitrogen and oxygen atoms in total. The van der Waals surface area contributed by atoms with E-state index in [0.717, 1.165) is 0 Å². The molecule has 0 bridgehead atoms. The van der Waals surface area contributed by atoms with Crippen molar-refractivity contribution in [1.29, 1.82) is 5.26 Å². The number of nitrogens with zero attached hydrogens (tertiary/aromatic N) is 1. The zero-order chi connectivity index (χ0) is 13.0. The van der Waals surface area contributed by atoms with Crippen LogP contribution in [0.25, 0.3) is 0 Å². The number of benzene rings is 1. The first kappa shape index (κ1) is 13.5. The summed E-state index contributed by atoms with van der Waals surface area (Å²) in [6.07, 6.45) is -1.13. The Bertz CT molecular complexity index is 470. The molecule has 0 fully saturated rings. The number of aliphatic carboxylic acids is 1. The highest BCUT2D eigenvalue weighted by atomic mass is 35.5. The van der Waals surface area contributed by atoms with Gasteiger partial charge in [0.1, 0.15) is 12.1 Å². The summed E-state index contributed by atoms with van der Waals surface area (Å²) in [6, 6.07) is 5.18. The minimum absolute atomic E-state index is 0.0683. The van der Waals surface area contributed by atoms with Crippen LogP contribution in [-0.4, -0.2) is 28.3 Å². The highest BCUT2D eigenvalue weighted by Gasteiger charge is 2.22. The lowest BCUT2D eigenvalue weighted by molar-refractivity contribution is -0.141. The van der Waals surface area contributed by atoms with Crippen molar-refractivity contribution in [2.24, 2.45) is 5.73 Å². The van der Waals surface area contributed by atoms with E-state index in [1.165, 1.54) is 12.1 Å². The molecule has 0 saturated heterocycles. The summed E-state index contributed by atoms with van der Waals surface area (Å²) in [5.41, 5.74) is 6.22. The summed E-state index contributed by atoms with van der Waals surface area (Å²) in [6.45, 7) is 0. The van der Waals surface area contributed by atoms with Gasteiger partial charge in [-0.1, -0.05) is 17.7 Å². The van der Waals surface area contributed by atoms with Crippen molar-refractivity contribution in [2.75, 3.05) is 0 Å². The Hall–Kier alpha value is -1.61. The quantitative estimate of drug-likeness (QED) is 0.726. The lowest BCUT2D eigenvalue weighted by Gasteiger charge is -2.14. The van der Waals surface area contributed by atoms with Gasteiger partial charge in [0.05, 0.1) is 16.7 Å². The number of hydrogen-bond acceptors (Lipinski definition) is 4. The van der Waals surface area contributed by atoms with E-state index in [1.54, 1.807) is 6.07 Å². The third-order valence-electron chi connectivity index (χ3n) is 2.30.